The Kier molecular flexibility index (Phi) is 4.57. The smallest absolute Gasteiger partial charge is 0.216 e. The van der Waals surface area contributed by atoms with E-state index < -0.39 is 9.84 Å². The number of rotatable bonds is 5. The van der Waals surface area contributed by atoms with E-state index in [1.54, 1.807) is 24.3 Å². The lowest BCUT2D eigenvalue weighted by Gasteiger charge is -2.11. The molecule has 3 rings (SSSR count). The average Bonchev–Trinajstić information content (AvgIpc) is 3.30. The van der Waals surface area contributed by atoms with Crippen molar-refractivity contribution in [2.45, 2.75) is 35.8 Å². The lowest BCUT2D eigenvalue weighted by Crippen LogP contribution is -2.17. The minimum atomic E-state index is -3.25. The second kappa shape index (κ2) is 6.80. The van der Waals surface area contributed by atoms with Gasteiger partial charge in [0.15, 0.2) is 9.84 Å². The Hall–Kier alpha value is -2.73. The number of nitrogens with one attached hydrogen (secondary N) is 2. The SMILES string of the molecule is N#CC(=CNc1ccc(S(=O)(=O)C2CCCC2)cc1)c1nn[nH]n1. The number of benzene rings is 1. The third kappa shape index (κ3) is 3.28. The quantitative estimate of drug-likeness (QED) is 0.793. The van der Waals surface area contributed by atoms with Crippen molar-refractivity contribution in [1.82, 2.24) is 20.6 Å². The number of sulfone groups is 1. The van der Waals surface area contributed by atoms with E-state index in [0.29, 0.717) is 10.6 Å². The van der Waals surface area contributed by atoms with E-state index in [1.807, 2.05) is 6.07 Å². The van der Waals surface area contributed by atoms with Gasteiger partial charge in [0.1, 0.15) is 11.6 Å². The van der Waals surface area contributed by atoms with Crippen LogP contribution < -0.4 is 5.32 Å². The Morgan fingerprint density at radius 3 is 2.58 bits per heavy atom. The van der Waals surface area contributed by atoms with Gasteiger partial charge in [-0.1, -0.05) is 12.8 Å². The molecule has 1 aliphatic rings. The van der Waals surface area contributed by atoms with E-state index in [0.717, 1.165) is 25.7 Å². The Morgan fingerprint density at radius 2 is 2.00 bits per heavy atom. The van der Waals surface area contributed by atoms with Gasteiger partial charge in [-0.3, -0.25) is 0 Å². The normalized spacial score (nSPS) is 16.0. The monoisotopic (exact) mass is 344 g/mol. The van der Waals surface area contributed by atoms with Gasteiger partial charge in [0, 0.05) is 11.9 Å². The van der Waals surface area contributed by atoms with Gasteiger partial charge >= 0.3 is 0 Å². The number of tetrazole rings is 1. The number of aromatic amines is 1. The molecular formula is C15H16N6O2S. The maximum absolute atomic E-state index is 12.5. The number of anilines is 1. The zero-order chi connectivity index (χ0) is 17.0. The number of hydrogen-bond donors (Lipinski definition) is 2. The van der Waals surface area contributed by atoms with Crippen molar-refractivity contribution in [3.8, 4) is 6.07 Å². The molecule has 0 bridgehead atoms. The number of nitrogens with zero attached hydrogens (tertiary/aromatic N) is 4. The fraction of sp³-hybridized carbons (Fsp3) is 0.333. The molecule has 9 heteroatoms. The molecule has 124 valence electrons. The molecule has 1 saturated carbocycles. The van der Waals surface area contributed by atoms with Crippen molar-refractivity contribution in [3.05, 3.63) is 36.3 Å². The molecule has 0 radical (unpaired) electrons. The third-order valence-corrected chi connectivity index (χ3v) is 6.29. The van der Waals surface area contributed by atoms with E-state index in [-0.39, 0.29) is 16.6 Å². The lowest BCUT2D eigenvalue weighted by atomic mass is 10.3. The Labute approximate surface area is 139 Å². The van der Waals surface area contributed by atoms with Crippen LogP contribution in [0.5, 0.6) is 0 Å². The van der Waals surface area contributed by atoms with Crippen molar-refractivity contribution in [1.29, 1.82) is 5.26 Å². The molecule has 2 N–H and O–H groups in total. The van der Waals surface area contributed by atoms with Gasteiger partial charge in [0.05, 0.1) is 10.1 Å². The highest BCUT2D eigenvalue weighted by Crippen LogP contribution is 2.30. The van der Waals surface area contributed by atoms with Crippen LogP contribution >= 0.6 is 0 Å². The molecule has 1 aromatic carbocycles. The fourth-order valence-corrected chi connectivity index (χ4v) is 4.56. The molecule has 2 aromatic rings. The summed E-state index contributed by atoms with van der Waals surface area (Å²) in [6.45, 7) is 0. The molecule has 1 fully saturated rings. The number of nitriles is 1. The van der Waals surface area contributed by atoms with Gasteiger partial charge < -0.3 is 5.32 Å². The summed E-state index contributed by atoms with van der Waals surface area (Å²) >= 11 is 0. The zero-order valence-corrected chi connectivity index (χ0v) is 13.6. The van der Waals surface area contributed by atoms with Crippen molar-refractivity contribution < 1.29 is 8.42 Å². The topological polar surface area (TPSA) is 124 Å². The van der Waals surface area contributed by atoms with Gasteiger partial charge in [-0.05, 0) is 42.3 Å². The molecule has 0 aliphatic heterocycles. The first-order chi connectivity index (χ1) is 11.6. The summed E-state index contributed by atoms with van der Waals surface area (Å²) in [5.41, 5.74) is 0.878. The van der Waals surface area contributed by atoms with Gasteiger partial charge in [-0.25, -0.2) is 8.42 Å². The van der Waals surface area contributed by atoms with E-state index in [4.69, 9.17) is 5.26 Å². The number of aromatic nitrogens is 4. The van der Waals surface area contributed by atoms with Gasteiger partial charge in [0.2, 0.25) is 5.82 Å². The van der Waals surface area contributed by atoms with Crippen LogP contribution in [0.25, 0.3) is 5.57 Å². The second-order valence-electron chi connectivity index (χ2n) is 5.53. The summed E-state index contributed by atoms with van der Waals surface area (Å²) in [4.78, 5) is 0.336. The van der Waals surface area contributed by atoms with Crippen LogP contribution in [0.2, 0.25) is 0 Å². The van der Waals surface area contributed by atoms with E-state index >= 15 is 0 Å². The largest absolute Gasteiger partial charge is 0.360 e. The number of allylic oxidation sites excluding steroid dienone is 1. The van der Waals surface area contributed by atoms with Gasteiger partial charge in [-0.15, -0.1) is 10.2 Å². The van der Waals surface area contributed by atoms with Crippen LogP contribution in [0.4, 0.5) is 5.69 Å². The van der Waals surface area contributed by atoms with Crippen LogP contribution in [0.1, 0.15) is 31.5 Å². The molecule has 0 atom stereocenters. The molecule has 0 saturated heterocycles. The molecule has 0 spiro atoms. The molecule has 1 aliphatic carbocycles. The first-order valence-electron chi connectivity index (χ1n) is 7.56. The Balaban J connectivity index is 1.74. The van der Waals surface area contributed by atoms with Gasteiger partial charge in [0.25, 0.3) is 0 Å². The molecular weight excluding hydrogens is 328 g/mol. The highest BCUT2D eigenvalue weighted by atomic mass is 32.2. The predicted molar refractivity (Wildman–Crippen MR) is 87.3 cm³/mol. The van der Waals surface area contributed by atoms with E-state index in [2.05, 4.69) is 25.9 Å². The van der Waals surface area contributed by atoms with Crippen molar-refractivity contribution in [2.75, 3.05) is 5.32 Å². The average molecular weight is 344 g/mol. The van der Waals surface area contributed by atoms with Crippen LogP contribution in [0.3, 0.4) is 0 Å². The Morgan fingerprint density at radius 1 is 1.29 bits per heavy atom. The standard InChI is InChI=1S/C15H16N6O2S/c16-9-11(15-18-20-21-19-15)10-17-12-5-7-14(8-6-12)24(22,23)13-3-1-2-4-13/h5-8,10,13,17H,1-4H2,(H,18,19,20,21). The maximum atomic E-state index is 12.5. The van der Waals surface area contributed by atoms with Crippen molar-refractivity contribution >= 4 is 21.1 Å². The second-order valence-corrected chi connectivity index (χ2v) is 7.75. The minimum Gasteiger partial charge on any atom is -0.360 e. The summed E-state index contributed by atoms with van der Waals surface area (Å²) in [7, 11) is -3.25. The summed E-state index contributed by atoms with van der Waals surface area (Å²) in [5.74, 6) is 0.186. The third-order valence-electron chi connectivity index (χ3n) is 4.01. The predicted octanol–water partition coefficient (Wildman–Crippen LogP) is 1.89. The molecule has 0 amide bonds. The number of H-pyrrole nitrogens is 1. The lowest BCUT2D eigenvalue weighted by molar-refractivity contribution is 0.579. The number of hydrogen-bond acceptors (Lipinski definition) is 7. The first kappa shape index (κ1) is 16.1. The van der Waals surface area contributed by atoms with Crippen LogP contribution in [-0.4, -0.2) is 34.3 Å². The van der Waals surface area contributed by atoms with Crippen LogP contribution in [0, 0.1) is 11.3 Å². The summed E-state index contributed by atoms with van der Waals surface area (Å²) in [5, 5.41) is 24.9. The summed E-state index contributed by atoms with van der Waals surface area (Å²) in [6.07, 6.45) is 4.87. The summed E-state index contributed by atoms with van der Waals surface area (Å²) < 4.78 is 25.0. The first-order valence-corrected chi connectivity index (χ1v) is 9.10. The van der Waals surface area contributed by atoms with Crippen molar-refractivity contribution in [3.63, 3.8) is 0 Å². The minimum absolute atomic E-state index is 0.186. The molecule has 8 nitrogen and oxygen atoms in total. The Bertz CT molecular complexity index is 860. The fourth-order valence-electron chi connectivity index (χ4n) is 2.71. The van der Waals surface area contributed by atoms with E-state index in [9.17, 15) is 8.42 Å². The highest BCUT2D eigenvalue weighted by Gasteiger charge is 2.29. The zero-order valence-electron chi connectivity index (χ0n) is 12.8. The van der Waals surface area contributed by atoms with Gasteiger partial charge in [-0.2, -0.15) is 10.5 Å². The van der Waals surface area contributed by atoms with Crippen LogP contribution in [0.15, 0.2) is 35.4 Å². The van der Waals surface area contributed by atoms with Crippen molar-refractivity contribution in [2.24, 2.45) is 0 Å². The van der Waals surface area contributed by atoms with Crippen LogP contribution in [-0.2, 0) is 9.84 Å². The summed E-state index contributed by atoms with van der Waals surface area (Å²) in [6, 6.07) is 8.48. The van der Waals surface area contributed by atoms with E-state index in [1.165, 1.54) is 6.20 Å². The molecule has 1 heterocycles. The molecule has 1 aromatic heterocycles. The maximum Gasteiger partial charge on any atom is 0.216 e. The highest BCUT2D eigenvalue weighted by molar-refractivity contribution is 7.92. The molecule has 0 unspecified atom stereocenters. The molecule has 24 heavy (non-hydrogen) atoms.